The van der Waals surface area contributed by atoms with Gasteiger partial charge in [-0.25, -0.2) is 4.98 Å². The molecule has 9 aromatic rings. The van der Waals surface area contributed by atoms with E-state index in [-0.39, 0.29) is 0 Å². The number of benzene rings is 8. The van der Waals surface area contributed by atoms with Gasteiger partial charge in [-0.05, 0) is 103 Å². The van der Waals surface area contributed by atoms with Crippen molar-refractivity contribution in [3.63, 3.8) is 0 Å². The minimum absolute atomic E-state index is 0.983. The second kappa shape index (κ2) is 9.65. The van der Waals surface area contributed by atoms with Gasteiger partial charge in [-0.3, -0.25) is 4.57 Å². The topological polar surface area (TPSA) is 17.8 Å². The van der Waals surface area contributed by atoms with E-state index in [2.05, 4.69) is 163 Å². The first-order valence-corrected chi connectivity index (χ1v) is 15.2. The molecule has 1 heterocycles. The highest BCUT2D eigenvalue weighted by Crippen LogP contribution is 2.46. The third-order valence-electron chi connectivity index (χ3n) is 9.09. The zero-order chi connectivity index (χ0) is 29.2. The van der Waals surface area contributed by atoms with Crippen molar-refractivity contribution in [1.29, 1.82) is 0 Å². The van der Waals surface area contributed by atoms with Gasteiger partial charge < -0.3 is 0 Å². The number of fused-ring (bicyclic) bond motifs is 6. The molecule has 44 heavy (non-hydrogen) atoms. The zero-order valence-corrected chi connectivity index (χ0v) is 24.3. The van der Waals surface area contributed by atoms with Crippen molar-refractivity contribution in [1.82, 2.24) is 9.55 Å². The number of para-hydroxylation sites is 1. The lowest BCUT2D eigenvalue weighted by molar-refractivity contribution is 1.00. The fourth-order valence-corrected chi connectivity index (χ4v) is 7.25. The van der Waals surface area contributed by atoms with Crippen LogP contribution in [-0.2, 0) is 0 Å². The Labute approximate surface area is 255 Å². The molecule has 0 saturated carbocycles. The van der Waals surface area contributed by atoms with Crippen molar-refractivity contribution in [3.05, 3.63) is 157 Å². The summed E-state index contributed by atoms with van der Waals surface area (Å²) < 4.78 is 2.24. The molecule has 0 spiro atoms. The summed E-state index contributed by atoms with van der Waals surface area (Å²) in [5.41, 5.74) is 8.23. The van der Waals surface area contributed by atoms with Gasteiger partial charge in [0.05, 0.1) is 11.0 Å². The molecule has 0 bridgehead atoms. The molecule has 9 rings (SSSR count). The number of imidazole rings is 1. The van der Waals surface area contributed by atoms with E-state index in [1.54, 1.807) is 0 Å². The van der Waals surface area contributed by atoms with Crippen LogP contribution in [0.4, 0.5) is 0 Å². The Balaban J connectivity index is 1.37. The van der Waals surface area contributed by atoms with E-state index < -0.39 is 0 Å². The molecule has 0 aliphatic carbocycles. The van der Waals surface area contributed by atoms with Crippen molar-refractivity contribution < 1.29 is 0 Å². The second-order valence-electron chi connectivity index (χ2n) is 11.6. The van der Waals surface area contributed by atoms with E-state index in [0.717, 1.165) is 22.5 Å². The summed E-state index contributed by atoms with van der Waals surface area (Å²) >= 11 is 0. The smallest absolute Gasteiger partial charge is 0.111 e. The van der Waals surface area contributed by atoms with E-state index in [9.17, 15) is 0 Å². The first-order chi connectivity index (χ1) is 21.8. The summed E-state index contributed by atoms with van der Waals surface area (Å²) in [6, 6.07) is 55.0. The molecule has 2 heteroatoms. The van der Waals surface area contributed by atoms with E-state index in [1.807, 2.05) is 0 Å². The molecule has 2 nitrogen and oxygen atoms in total. The van der Waals surface area contributed by atoms with Gasteiger partial charge in [0.15, 0.2) is 0 Å². The number of rotatable bonds is 3. The van der Waals surface area contributed by atoms with Crippen molar-refractivity contribution in [3.8, 4) is 27.9 Å². The van der Waals surface area contributed by atoms with Crippen molar-refractivity contribution in [2.24, 2.45) is 0 Å². The highest BCUT2D eigenvalue weighted by Gasteiger charge is 2.20. The van der Waals surface area contributed by atoms with Crippen LogP contribution in [0.15, 0.2) is 152 Å². The SMILES string of the molecule is Cc1nc2cc(-c3c4ccccc4c(-c4cc5ccccc5c5ccccc45)c4ccccc34)ccc2n1-c1ccccc1. The standard InChI is InChI=1S/C42H28N2/c1-27-43-39-26-29(23-24-40(39)44(27)30-14-3-2-4-15-30)41-34-19-9-11-21-36(34)42(37-22-12-10-20-35(37)41)38-25-28-13-5-6-16-31(28)32-17-7-8-18-33(32)38/h2-26H,1H3. The maximum atomic E-state index is 5.03. The monoisotopic (exact) mass is 560 g/mol. The van der Waals surface area contributed by atoms with Gasteiger partial charge >= 0.3 is 0 Å². The van der Waals surface area contributed by atoms with Gasteiger partial charge in [0.2, 0.25) is 0 Å². The minimum Gasteiger partial charge on any atom is -0.297 e. The molecule has 0 aliphatic rings. The first-order valence-electron chi connectivity index (χ1n) is 15.2. The predicted molar refractivity (Wildman–Crippen MR) is 187 cm³/mol. The van der Waals surface area contributed by atoms with Gasteiger partial charge in [-0.2, -0.15) is 0 Å². The van der Waals surface area contributed by atoms with E-state index in [1.165, 1.54) is 65.3 Å². The Morgan fingerprint density at radius 3 is 1.68 bits per heavy atom. The number of hydrogen-bond donors (Lipinski definition) is 0. The molecule has 0 amide bonds. The molecular formula is C42H28N2. The van der Waals surface area contributed by atoms with Crippen molar-refractivity contribution in [2.45, 2.75) is 6.92 Å². The van der Waals surface area contributed by atoms with Crippen LogP contribution in [0.5, 0.6) is 0 Å². The predicted octanol–water partition coefficient (Wildman–Crippen LogP) is 11.3. The van der Waals surface area contributed by atoms with Crippen LogP contribution >= 0.6 is 0 Å². The molecule has 0 aliphatic heterocycles. The van der Waals surface area contributed by atoms with Crippen LogP contribution in [-0.4, -0.2) is 9.55 Å². The minimum atomic E-state index is 0.983. The molecule has 8 aromatic carbocycles. The number of aromatic nitrogens is 2. The highest BCUT2D eigenvalue weighted by molar-refractivity contribution is 6.25. The summed E-state index contributed by atoms with van der Waals surface area (Å²) in [7, 11) is 0. The summed E-state index contributed by atoms with van der Waals surface area (Å²) in [5.74, 6) is 0.983. The van der Waals surface area contributed by atoms with Gasteiger partial charge in [-0.15, -0.1) is 0 Å². The third kappa shape index (κ3) is 3.64. The lowest BCUT2D eigenvalue weighted by atomic mass is 9.84. The largest absolute Gasteiger partial charge is 0.297 e. The second-order valence-corrected chi connectivity index (χ2v) is 11.6. The van der Waals surface area contributed by atoms with E-state index >= 15 is 0 Å². The highest BCUT2D eigenvalue weighted by atomic mass is 15.1. The van der Waals surface area contributed by atoms with Gasteiger partial charge in [0, 0.05) is 5.69 Å². The quantitative estimate of drug-likeness (QED) is 0.155. The number of nitrogens with zero attached hydrogens (tertiary/aromatic N) is 2. The lowest BCUT2D eigenvalue weighted by Gasteiger charge is -2.19. The molecule has 1 aromatic heterocycles. The Morgan fingerprint density at radius 1 is 0.455 bits per heavy atom. The third-order valence-corrected chi connectivity index (χ3v) is 9.09. The summed E-state index contributed by atoms with van der Waals surface area (Å²) in [6.07, 6.45) is 0. The summed E-state index contributed by atoms with van der Waals surface area (Å²) in [4.78, 5) is 5.03. The zero-order valence-electron chi connectivity index (χ0n) is 24.3. The van der Waals surface area contributed by atoms with Gasteiger partial charge in [0.1, 0.15) is 5.82 Å². The molecule has 0 unspecified atom stereocenters. The Morgan fingerprint density at radius 2 is 1.00 bits per heavy atom. The molecule has 206 valence electrons. The van der Waals surface area contributed by atoms with Crippen LogP contribution in [0.1, 0.15) is 5.82 Å². The Kier molecular flexibility index (Phi) is 5.45. The molecule has 0 N–H and O–H groups in total. The molecule has 0 fully saturated rings. The first kappa shape index (κ1) is 24.8. The lowest BCUT2D eigenvalue weighted by Crippen LogP contribution is -1.96. The average molecular weight is 561 g/mol. The van der Waals surface area contributed by atoms with E-state index in [4.69, 9.17) is 4.98 Å². The van der Waals surface area contributed by atoms with Crippen LogP contribution < -0.4 is 0 Å². The number of hydrogen-bond acceptors (Lipinski definition) is 1. The summed E-state index contributed by atoms with van der Waals surface area (Å²) in [6.45, 7) is 2.08. The van der Waals surface area contributed by atoms with Crippen molar-refractivity contribution >= 4 is 54.1 Å². The van der Waals surface area contributed by atoms with Crippen LogP contribution in [0, 0.1) is 6.92 Å². The maximum Gasteiger partial charge on any atom is 0.111 e. The maximum absolute atomic E-state index is 5.03. The fraction of sp³-hybridized carbons (Fsp3) is 0.0238. The molecule has 0 saturated heterocycles. The van der Waals surface area contributed by atoms with Crippen LogP contribution in [0.25, 0.3) is 82.1 Å². The average Bonchev–Trinajstić information content (AvgIpc) is 3.42. The Bertz CT molecular complexity index is 2500. The van der Waals surface area contributed by atoms with Gasteiger partial charge in [-0.1, -0.05) is 121 Å². The Hall–Kier alpha value is -5.73. The van der Waals surface area contributed by atoms with Crippen molar-refractivity contribution in [2.75, 3.05) is 0 Å². The van der Waals surface area contributed by atoms with Gasteiger partial charge in [0.25, 0.3) is 0 Å². The molecule has 0 atom stereocenters. The van der Waals surface area contributed by atoms with E-state index in [0.29, 0.717) is 0 Å². The molecule has 0 radical (unpaired) electrons. The normalized spacial score (nSPS) is 11.8. The number of aryl methyl sites for hydroxylation is 1. The van der Waals surface area contributed by atoms with Crippen LogP contribution in [0.3, 0.4) is 0 Å². The fourth-order valence-electron chi connectivity index (χ4n) is 7.25. The molecular weight excluding hydrogens is 532 g/mol. The summed E-state index contributed by atoms with van der Waals surface area (Å²) in [5, 5.41) is 10.1. The van der Waals surface area contributed by atoms with Crippen LogP contribution in [0.2, 0.25) is 0 Å².